The number of hydrogen-bond acceptors (Lipinski definition) is 4. The lowest BCUT2D eigenvalue weighted by molar-refractivity contribution is 0.485. The predicted molar refractivity (Wildman–Crippen MR) is 107 cm³/mol. The van der Waals surface area contributed by atoms with E-state index in [2.05, 4.69) is 31.9 Å². The Bertz CT molecular complexity index is 859. The third-order valence-corrected chi connectivity index (χ3v) is 6.11. The fourth-order valence-corrected chi connectivity index (χ4v) is 4.72. The summed E-state index contributed by atoms with van der Waals surface area (Å²) in [6.45, 7) is 0. The quantitative estimate of drug-likeness (QED) is 0.530. The average molecular weight is 385 g/mol. The van der Waals surface area contributed by atoms with Gasteiger partial charge in [0.25, 0.3) is 0 Å². The summed E-state index contributed by atoms with van der Waals surface area (Å²) in [5.74, 6) is 1.87. The Kier molecular flexibility index (Phi) is 5.56. The molecular formula is C20H21ClN4S. The number of pyridine rings is 1. The predicted octanol–water partition coefficient (Wildman–Crippen LogP) is 5.44. The van der Waals surface area contributed by atoms with Crippen LogP contribution in [-0.2, 0) is 6.42 Å². The minimum Gasteiger partial charge on any atom is -0.299 e. The van der Waals surface area contributed by atoms with Crippen LogP contribution in [0.15, 0.2) is 53.9 Å². The van der Waals surface area contributed by atoms with E-state index in [1.807, 2.05) is 36.7 Å². The van der Waals surface area contributed by atoms with Crippen molar-refractivity contribution < 1.29 is 0 Å². The Balaban J connectivity index is 1.59. The third-order valence-electron chi connectivity index (χ3n) is 4.84. The molecule has 0 atom stereocenters. The second-order valence-corrected chi connectivity index (χ2v) is 8.02. The highest BCUT2D eigenvalue weighted by Gasteiger charge is 2.25. The van der Waals surface area contributed by atoms with Crippen molar-refractivity contribution in [3.8, 4) is 11.4 Å². The van der Waals surface area contributed by atoms with Crippen molar-refractivity contribution in [3.63, 3.8) is 0 Å². The van der Waals surface area contributed by atoms with Gasteiger partial charge in [0.05, 0.1) is 5.02 Å². The van der Waals surface area contributed by atoms with Crippen LogP contribution in [0.4, 0.5) is 0 Å². The maximum absolute atomic E-state index is 6.44. The zero-order chi connectivity index (χ0) is 17.8. The summed E-state index contributed by atoms with van der Waals surface area (Å²) in [5, 5.41) is 10.8. The number of aromatic nitrogens is 4. The zero-order valence-corrected chi connectivity index (χ0v) is 16.1. The molecule has 1 aliphatic carbocycles. The van der Waals surface area contributed by atoms with Gasteiger partial charge in [-0.25, -0.2) is 0 Å². The fraction of sp³-hybridized carbons (Fsp3) is 0.350. The summed E-state index contributed by atoms with van der Waals surface area (Å²) >= 11 is 8.21. The maximum atomic E-state index is 6.44. The third kappa shape index (κ3) is 3.79. The molecule has 3 aromatic rings. The minimum atomic E-state index is 0.472. The van der Waals surface area contributed by atoms with Gasteiger partial charge in [-0.15, -0.1) is 10.2 Å². The topological polar surface area (TPSA) is 43.6 Å². The summed E-state index contributed by atoms with van der Waals surface area (Å²) in [5.41, 5.74) is 2.26. The number of thioether (sulfide) groups is 1. The van der Waals surface area contributed by atoms with E-state index in [0.29, 0.717) is 6.04 Å². The van der Waals surface area contributed by atoms with Gasteiger partial charge in [-0.2, -0.15) is 0 Å². The van der Waals surface area contributed by atoms with Crippen LogP contribution < -0.4 is 0 Å². The number of nitrogens with zero attached hydrogens (tertiary/aromatic N) is 4. The van der Waals surface area contributed by atoms with E-state index in [9.17, 15) is 0 Å². The second-order valence-electron chi connectivity index (χ2n) is 6.55. The standard InChI is InChI=1S/C20H21ClN4S/c21-18-8-4-3-7-17(18)19-23-24-20(25(19)16-5-1-2-6-16)26-14-11-15-9-12-22-13-10-15/h3-4,7-10,12-13,16H,1-2,5-6,11,14H2. The van der Waals surface area contributed by atoms with E-state index >= 15 is 0 Å². The molecule has 0 N–H and O–H groups in total. The molecule has 6 heteroatoms. The number of benzene rings is 1. The van der Waals surface area contributed by atoms with Crippen molar-refractivity contribution in [1.82, 2.24) is 19.7 Å². The van der Waals surface area contributed by atoms with Gasteiger partial charge in [0.2, 0.25) is 0 Å². The van der Waals surface area contributed by atoms with E-state index in [-0.39, 0.29) is 0 Å². The molecule has 26 heavy (non-hydrogen) atoms. The lowest BCUT2D eigenvalue weighted by Crippen LogP contribution is -2.09. The molecule has 0 radical (unpaired) electrons. The molecule has 134 valence electrons. The number of halogens is 1. The highest BCUT2D eigenvalue weighted by molar-refractivity contribution is 7.99. The molecule has 2 aromatic heterocycles. The van der Waals surface area contributed by atoms with Gasteiger partial charge in [0.1, 0.15) is 0 Å². The first-order chi connectivity index (χ1) is 12.8. The summed E-state index contributed by atoms with van der Waals surface area (Å²) in [7, 11) is 0. The van der Waals surface area contributed by atoms with Crippen LogP contribution in [0, 0.1) is 0 Å². The lowest BCUT2D eigenvalue weighted by Gasteiger charge is -2.17. The van der Waals surface area contributed by atoms with Gasteiger partial charge in [-0.05, 0) is 49.1 Å². The van der Waals surface area contributed by atoms with Gasteiger partial charge in [-0.1, -0.05) is 48.3 Å². The van der Waals surface area contributed by atoms with Crippen molar-refractivity contribution in [3.05, 3.63) is 59.4 Å². The van der Waals surface area contributed by atoms with Crippen LogP contribution in [-0.4, -0.2) is 25.5 Å². The second kappa shape index (κ2) is 8.23. The Morgan fingerprint density at radius 1 is 1.04 bits per heavy atom. The Hall–Kier alpha value is -1.85. The molecule has 1 aromatic carbocycles. The molecule has 0 spiro atoms. The molecule has 0 bridgehead atoms. The molecule has 0 saturated heterocycles. The van der Waals surface area contributed by atoms with E-state index in [0.717, 1.165) is 33.7 Å². The Labute approximate surface area is 163 Å². The maximum Gasteiger partial charge on any atom is 0.191 e. The fourth-order valence-electron chi connectivity index (χ4n) is 3.50. The van der Waals surface area contributed by atoms with Crippen LogP contribution in [0.2, 0.25) is 5.02 Å². The smallest absolute Gasteiger partial charge is 0.191 e. The first-order valence-electron chi connectivity index (χ1n) is 9.04. The first kappa shape index (κ1) is 17.6. The zero-order valence-electron chi connectivity index (χ0n) is 14.5. The summed E-state index contributed by atoms with van der Waals surface area (Å²) in [4.78, 5) is 4.08. The summed E-state index contributed by atoms with van der Waals surface area (Å²) in [6, 6.07) is 12.5. The van der Waals surface area contributed by atoms with Crippen LogP contribution in [0.3, 0.4) is 0 Å². The summed E-state index contributed by atoms with van der Waals surface area (Å²) in [6.07, 6.45) is 9.60. The molecule has 1 saturated carbocycles. The largest absolute Gasteiger partial charge is 0.299 e. The molecule has 0 amide bonds. The van der Waals surface area contributed by atoms with Crippen molar-refractivity contribution in [2.75, 3.05) is 5.75 Å². The van der Waals surface area contributed by atoms with E-state index < -0.39 is 0 Å². The summed E-state index contributed by atoms with van der Waals surface area (Å²) < 4.78 is 2.32. The lowest BCUT2D eigenvalue weighted by atomic mass is 10.2. The number of aryl methyl sites for hydroxylation is 1. The molecule has 4 rings (SSSR count). The molecule has 0 unspecified atom stereocenters. The molecule has 1 aliphatic rings. The van der Waals surface area contributed by atoms with Crippen molar-refractivity contribution >= 4 is 23.4 Å². The average Bonchev–Trinajstić information content (AvgIpc) is 3.32. The van der Waals surface area contributed by atoms with Crippen molar-refractivity contribution in [2.24, 2.45) is 0 Å². The normalized spacial score (nSPS) is 14.8. The number of hydrogen-bond donors (Lipinski definition) is 0. The monoisotopic (exact) mass is 384 g/mol. The van der Waals surface area contributed by atoms with Gasteiger partial charge in [-0.3, -0.25) is 9.55 Å². The Morgan fingerprint density at radius 2 is 1.81 bits per heavy atom. The van der Waals surface area contributed by atoms with Crippen molar-refractivity contribution in [2.45, 2.75) is 43.3 Å². The Morgan fingerprint density at radius 3 is 2.58 bits per heavy atom. The molecule has 1 fully saturated rings. The SMILES string of the molecule is Clc1ccccc1-c1nnc(SCCc2ccncc2)n1C1CCCC1. The van der Waals surface area contributed by atoms with Gasteiger partial charge >= 0.3 is 0 Å². The first-order valence-corrected chi connectivity index (χ1v) is 10.4. The minimum absolute atomic E-state index is 0.472. The van der Waals surface area contributed by atoms with Crippen LogP contribution in [0.25, 0.3) is 11.4 Å². The van der Waals surface area contributed by atoms with Crippen LogP contribution in [0.1, 0.15) is 37.3 Å². The van der Waals surface area contributed by atoms with Crippen LogP contribution >= 0.6 is 23.4 Å². The van der Waals surface area contributed by atoms with Gasteiger partial charge in [0, 0.05) is 29.8 Å². The molecule has 4 nitrogen and oxygen atoms in total. The highest BCUT2D eigenvalue weighted by Crippen LogP contribution is 2.38. The highest BCUT2D eigenvalue weighted by atomic mass is 35.5. The van der Waals surface area contributed by atoms with Gasteiger partial charge in [0.15, 0.2) is 11.0 Å². The molecule has 0 aliphatic heterocycles. The van der Waals surface area contributed by atoms with Crippen LogP contribution in [0.5, 0.6) is 0 Å². The molecular weight excluding hydrogens is 364 g/mol. The number of rotatable bonds is 6. The molecule has 2 heterocycles. The van der Waals surface area contributed by atoms with E-state index in [4.69, 9.17) is 11.6 Å². The van der Waals surface area contributed by atoms with E-state index in [1.165, 1.54) is 31.2 Å². The van der Waals surface area contributed by atoms with Crippen molar-refractivity contribution in [1.29, 1.82) is 0 Å². The van der Waals surface area contributed by atoms with E-state index in [1.54, 1.807) is 11.8 Å². The van der Waals surface area contributed by atoms with Gasteiger partial charge < -0.3 is 0 Å².